The van der Waals surface area contributed by atoms with Crippen LogP contribution in [0, 0.1) is 6.92 Å². The predicted octanol–water partition coefficient (Wildman–Crippen LogP) is 5.52. The first kappa shape index (κ1) is 13.6. The van der Waals surface area contributed by atoms with Crippen molar-refractivity contribution in [2.45, 2.75) is 45.1 Å². The highest BCUT2D eigenvalue weighted by Crippen LogP contribution is 2.36. The van der Waals surface area contributed by atoms with Crippen LogP contribution in [0.3, 0.4) is 0 Å². The van der Waals surface area contributed by atoms with Gasteiger partial charge in [-0.1, -0.05) is 55.7 Å². The fraction of sp³-hybridized carbons (Fsp3) is 0.350. The van der Waals surface area contributed by atoms with Crippen molar-refractivity contribution in [3.63, 3.8) is 0 Å². The molecule has 22 heavy (non-hydrogen) atoms. The molecule has 2 nitrogen and oxygen atoms in total. The van der Waals surface area contributed by atoms with Gasteiger partial charge in [0.1, 0.15) is 5.82 Å². The third kappa shape index (κ3) is 2.33. The number of imidazole rings is 1. The van der Waals surface area contributed by atoms with Crippen LogP contribution in [0.2, 0.25) is 0 Å². The molecule has 0 aliphatic heterocycles. The van der Waals surface area contributed by atoms with E-state index >= 15 is 0 Å². The molecule has 1 aliphatic carbocycles. The lowest BCUT2D eigenvalue weighted by Gasteiger charge is -2.25. The van der Waals surface area contributed by atoms with Crippen LogP contribution < -0.4 is 0 Å². The molecule has 4 rings (SSSR count). The number of hydrogen-bond acceptors (Lipinski definition) is 1. The molecule has 1 aromatic heterocycles. The van der Waals surface area contributed by atoms with E-state index in [9.17, 15) is 0 Å². The summed E-state index contributed by atoms with van der Waals surface area (Å²) in [4.78, 5) is 4.96. The van der Waals surface area contributed by atoms with Gasteiger partial charge in [-0.15, -0.1) is 0 Å². The van der Waals surface area contributed by atoms with Crippen LogP contribution in [0.15, 0.2) is 48.5 Å². The van der Waals surface area contributed by atoms with Crippen molar-refractivity contribution in [1.29, 1.82) is 0 Å². The van der Waals surface area contributed by atoms with Crippen molar-refractivity contribution in [2.24, 2.45) is 0 Å². The monoisotopic (exact) mass is 290 g/mol. The highest BCUT2D eigenvalue weighted by atomic mass is 15.1. The molecule has 0 saturated heterocycles. The number of rotatable bonds is 2. The SMILES string of the molecule is Cc1ccc2nc(-c3ccccc3)n(C3CCCCC3)c2c1. The van der Waals surface area contributed by atoms with Crippen molar-refractivity contribution in [3.8, 4) is 11.4 Å². The molecule has 0 spiro atoms. The average Bonchev–Trinajstić information content (AvgIpc) is 2.95. The number of hydrogen-bond donors (Lipinski definition) is 0. The van der Waals surface area contributed by atoms with Crippen molar-refractivity contribution >= 4 is 11.0 Å². The van der Waals surface area contributed by atoms with E-state index in [2.05, 4.69) is 60.0 Å². The molecule has 2 heteroatoms. The first-order chi connectivity index (χ1) is 10.8. The Balaban J connectivity index is 1.94. The number of benzene rings is 2. The molecular formula is C20H22N2. The fourth-order valence-corrected chi connectivity index (χ4v) is 3.70. The van der Waals surface area contributed by atoms with Gasteiger partial charge >= 0.3 is 0 Å². The molecule has 0 radical (unpaired) electrons. The summed E-state index contributed by atoms with van der Waals surface area (Å²) in [5.74, 6) is 1.13. The average molecular weight is 290 g/mol. The van der Waals surface area contributed by atoms with Crippen LogP contribution in [0.1, 0.15) is 43.7 Å². The Morgan fingerprint density at radius 3 is 2.50 bits per heavy atom. The minimum absolute atomic E-state index is 0.593. The van der Waals surface area contributed by atoms with Crippen molar-refractivity contribution in [1.82, 2.24) is 9.55 Å². The lowest BCUT2D eigenvalue weighted by molar-refractivity contribution is 0.362. The standard InChI is InChI=1S/C20H22N2/c1-15-12-13-18-19(14-15)22(17-10-6-3-7-11-17)20(21-18)16-8-4-2-5-9-16/h2,4-5,8-9,12-14,17H,3,6-7,10-11H2,1H3. The molecule has 1 fully saturated rings. The summed E-state index contributed by atoms with van der Waals surface area (Å²) in [7, 11) is 0. The molecule has 3 aromatic rings. The zero-order valence-electron chi connectivity index (χ0n) is 13.1. The first-order valence-electron chi connectivity index (χ1n) is 8.37. The van der Waals surface area contributed by atoms with Crippen LogP contribution in [-0.2, 0) is 0 Å². The van der Waals surface area contributed by atoms with E-state index in [0.29, 0.717) is 6.04 Å². The van der Waals surface area contributed by atoms with E-state index in [-0.39, 0.29) is 0 Å². The molecule has 0 unspecified atom stereocenters. The van der Waals surface area contributed by atoms with Crippen molar-refractivity contribution in [2.75, 3.05) is 0 Å². The van der Waals surface area contributed by atoms with E-state index in [0.717, 1.165) is 11.3 Å². The summed E-state index contributed by atoms with van der Waals surface area (Å²) in [5, 5.41) is 0. The van der Waals surface area contributed by atoms with Gasteiger partial charge in [-0.2, -0.15) is 0 Å². The maximum absolute atomic E-state index is 4.96. The first-order valence-corrected chi connectivity index (χ1v) is 8.37. The van der Waals surface area contributed by atoms with E-state index < -0.39 is 0 Å². The third-order valence-electron chi connectivity index (χ3n) is 4.82. The molecule has 1 heterocycles. The van der Waals surface area contributed by atoms with Gasteiger partial charge in [-0.3, -0.25) is 0 Å². The molecule has 0 bridgehead atoms. The summed E-state index contributed by atoms with van der Waals surface area (Å²) < 4.78 is 2.51. The predicted molar refractivity (Wildman–Crippen MR) is 92.0 cm³/mol. The second kappa shape index (κ2) is 5.60. The Morgan fingerprint density at radius 1 is 0.955 bits per heavy atom. The highest BCUT2D eigenvalue weighted by molar-refractivity contribution is 5.81. The maximum atomic E-state index is 4.96. The van der Waals surface area contributed by atoms with Gasteiger partial charge in [0, 0.05) is 11.6 Å². The van der Waals surface area contributed by atoms with E-state index in [4.69, 9.17) is 4.98 Å². The fourth-order valence-electron chi connectivity index (χ4n) is 3.70. The molecule has 0 atom stereocenters. The van der Waals surface area contributed by atoms with Gasteiger partial charge in [0.15, 0.2) is 0 Å². The van der Waals surface area contributed by atoms with Gasteiger partial charge < -0.3 is 4.57 Å². The van der Waals surface area contributed by atoms with Gasteiger partial charge in [-0.05, 0) is 37.5 Å². The largest absolute Gasteiger partial charge is 0.321 e. The quantitative estimate of drug-likeness (QED) is 0.608. The normalized spacial score (nSPS) is 16.2. The molecular weight excluding hydrogens is 268 g/mol. The van der Waals surface area contributed by atoms with E-state index in [1.54, 1.807) is 0 Å². The Labute approximate surface area is 131 Å². The Bertz CT molecular complexity index is 780. The number of fused-ring (bicyclic) bond motifs is 1. The lowest BCUT2D eigenvalue weighted by Crippen LogP contribution is -2.14. The van der Waals surface area contributed by atoms with Gasteiger partial charge in [0.05, 0.1) is 11.0 Å². The van der Waals surface area contributed by atoms with Crippen LogP contribution in [0.25, 0.3) is 22.4 Å². The van der Waals surface area contributed by atoms with Crippen LogP contribution >= 0.6 is 0 Å². The number of aryl methyl sites for hydroxylation is 1. The third-order valence-corrected chi connectivity index (χ3v) is 4.82. The molecule has 0 amide bonds. The van der Waals surface area contributed by atoms with Gasteiger partial charge in [0.2, 0.25) is 0 Å². The number of nitrogens with zero attached hydrogens (tertiary/aromatic N) is 2. The molecule has 112 valence electrons. The molecule has 1 saturated carbocycles. The van der Waals surface area contributed by atoms with Crippen molar-refractivity contribution in [3.05, 3.63) is 54.1 Å². The minimum atomic E-state index is 0.593. The Morgan fingerprint density at radius 2 is 1.73 bits per heavy atom. The summed E-state index contributed by atoms with van der Waals surface area (Å²) >= 11 is 0. The van der Waals surface area contributed by atoms with E-state index in [1.165, 1.54) is 48.7 Å². The molecule has 2 aromatic carbocycles. The van der Waals surface area contributed by atoms with Gasteiger partial charge in [-0.25, -0.2) is 4.98 Å². The van der Waals surface area contributed by atoms with E-state index in [1.807, 2.05) is 0 Å². The Kier molecular flexibility index (Phi) is 3.45. The summed E-state index contributed by atoms with van der Waals surface area (Å²) in [5.41, 5.74) is 4.95. The zero-order chi connectivity index (χ0) is 14.9. The van der Waals surface area contributed by atoms with Crippen LogP contribution in [0.4, 0.5) is 0 Å². The summed E-state index contributed by atoms with van der Waals surface area (Å²) in [6.45, 7) is 2.17. The van der Waals surface area contributed by atoms with Gasteiger partial charge in [0.25, 0.3) is 0 Å². The summed E-state index contributed by atoms with van der Waals surface area (Å²) in [6.07, 6.45) is 6.61. The molecule has 1 aliphatic rings. The van der Waals surface area contributed by atoms with Crippen LogP contribution in [0.5, 0.6) is 0 Å². The van der Waals surface area contributed by atoms with Crippen molar-refractivity contribution < 1.29 is 0 Å². The molecule has 0 N–H and O–H groups in total. The lowest BCUT2D eigenvalue weighted by atomic mass is 9.94. The zero-order valence-corrected chi connectivity index (χ0v) is 13.1. The summed E-state index contributed by atoms with van der Waals surface area (Å²) in [6, 6.07) is 17.8. The van der Waals surface area contributed by atoms with Crippen LogP contribution in [-0.4, -0.2) is 9.55 Å². The number of aromatic nitrogens is 2. The topological polar surface area (TPSA) is 17.8 Å². The minimum Gasteiger partial charge on any atom is -0.321 e. The second-order valence-electron chi connectivity index (χ2n) is 6.46. The highest BCUT2D eigenvalue weighted by Gasteiger charge is 2.22. The Hall–Kier alpha value is -2.09. The smallest absolute Gasteiger partial charge is 0.141 e. The second-order valence-corrected chi connectivity index (χ2v) is 6.46. The maximum Gasteiger partial charge on any atom is 0.141 e.